The van der Waals surface area contributed by atoms with E-state index in [2.05, 4.69) is 45.0 Å². The first kappa shape index (κ1) is 15.4. The molecule has 0 heterocycles. The van der Waals surface area contributed by atoms with Gasteiger partial charge in [0, 0.05) is 5.56 Å². The Balaban J connectivity index is 2.20. The van der Waals surface area contributed by atoms with E-state index in [1.807, 2.05) is 48.5 Å². The van der Waals surface area contributed by atoms with E-state index in [0.717, 1.165) is 12.0 Å². The molecule has 2 rings (SSSR count). The van der Waals surface area contributed by atoms with Crippen LogP contribution in [0.4, 0.5) is 0 Å². The average molecular weight is 344 g/mol. The number of amidine groups is 2. The predicted molar refractivity (Wildman–Crippen MR) is 93.0 cm³/mol. The van der Waals surface area contributed by atoms with Crippen molar-refractivity contribution >= 4 is 26.5 Å². The van der Waals surface area contributed by atoms with Crippen molar-refractivity contribution in [1.29, 1.82) is 0 Å². The molecule has 0 fully saturated rings. The topological polar surface area (TPSA) is 50.7 Å². The van der Waals surface area contributed by atoms with E-state index in [1.54, 1.807) is 0 Å². The fraction of sp³-hybridized carbons (Fsp3) is 0.176. The molecule has 1 atom stereocenters. The second-order valence-corrected chi connectivity index (χ2v) is 5.31. The smallest absolute Gasteiger partial charge is 0.194 e. The fourth-order valence-corrected chi connectivity index (χ4v) is 2.45. The SMILES string of the molecule is CCC(N=C(Br)N=C(N)c1ccccc1)c1ccccc1. The van der Waals surface area contributed by atoms with Gasteiger partial charge in [-0.25, -0.2) is 4.99 Å². The van der Waals surface area contributed by atoms with E-state index in [4.69, 9.17) is 5.73 Å². The molecule has 3 nitrogen and oxygen atoms in total. The van der Waals surface area contributed by atoms with Crippen molar-refractivity contribution in [1.82, 2.24) is 0 Å². The van der Waals surface area contributed by atoms with E-state index in [-0.39, 0.29) is 6.04 Å². The number of benzene rings is 2. The molecule has 4 heteroatoms. The number of hydrogen-bond donors (Lipinski definition) is 1. The minimum Gasteiger partial charge on any atom is -0.383 e. The number of halogens is 1. The van der Waals surface area contributed by atoms with Gasteiger partial charge in [-0.3, -0.25) is 4.99 Å². The van der Waals surface area contributed by atoms with E-state index < -0.39 is 0 Å². The van der Waals surface area contributed by atoms with Gasteiger partial charge in [-0.15, -0.1) is 0 Å². The van der Waals surface area contributed by atoms with Crippen LogP contribution in [0, 0.1) is 0 Å². The van der Waals surface area contributed by atoms with Crippen LogP contribution in [0.2, 0.25) is 0 Å². The van der Waals surface area contributed by atoms with Crippen molar-refractivity contribution in [2.45, 2.75) is 19.4 Å². The minimum atomic E-state index is 0.0768. The third-order valence-electron chi connectivity index (χ3n) is 3.12. The van der Waals surface area contributed by atoms with Gasteiger partial charge in [0.2, 0.25) is 0 Å². The Morgan fingerprint density at radius 3 is 2.19 bits per heavy atom. The summed E-state index contributed by atoms with van der Waals surface area (Å²) < 4.78 is 0.513. The Morgan fingerprint density at radius 1 is 1.05 bits per heavy atom. The lowest BCUT2D eigenvalue weighted by atomic mass is 10.1. The Hall–Kier alpha value is -1.94. The summed E-state index contributed by atoms with van der Waals surface area (Å²) in [6, 6.07) is 19.9. The van der Waals surface area contributed by atoms with Crippen molar-refractivity contribution in [3.8, 4) is 0 Å². The number of rotatable bonds is 4. The molecule has 0 bridgehead atoms. The highest BCUT2D eigenvalue weighted by Gasteiger charge is 2.08. The summed E-state index contributed by atoms with van der Waals surface area (Å²) in [5, 5.41) is 0. The molecule has 2 aromatic rings. The van der Waals surface area contributed by atoms with E-state index in [1.165, 1.54) is 5.56 Å². The predicted octanol–water partition coefficient (Wildman–Crippen LogP) is 4.29. The summed E-state index contributed by atoms with van der Waals surface area (Å²) in [5.74, 6) is 0.453. The zero-order chi connectivity index (χ0) is 15.1. The molecule has 0 aliphatic rings. The average Bonchev–Trinajstić information content (AvgIpc) is 2.54. The molecule has 0 saturated heterocycles. The molecule has 21 heavy (non-hydrogen) atoms. The lowest BCUT2D eigenvalue weighted by molar-refractivity contribution is 0.703. The molecule has 0 aromatic heterocycles. The van der Waals surface area contributed by atoms with Crippen LogP contribution >= 0.6 is 15.9 Å². The zero-order valence-corrected chi connectivity index (χ0v) is 13.5. The van der Waals surface area contributed by atoms with Crippen molar-refractivity contribution in [3.05, 3.63) is 71.8 Å². The molecule has 0 aliphatic carbocycles. The van der Waals surface area contributed by atoms with Crippen LogP contribution in [0.1, 0.15) is 30.5 Å². The van der Waals surface area contributed by atoms with Crippen LogP contribution < -0.4 is 5.73 Å². The van der Waals surface area contributed by atoms with Gasteiger partial charge in [-0.1, -0.05) is 67.6 Å². The third kappa shape index (κ3) is 4.53. The van der Waals surface area contributed by atoms with Crippen molar-refractivity contribution in [2.75, 3.05) is 0 Å². The second kappa shape index (κ2) is 7.74. The standard InChI is InChI=1S/C17H18BrN3/c1-2-15(13-9-5-3-6-10-13)20-17(18)21-16(19)14-11-7-4-8-12-14/h3-12,15H,2H2,1H3,(H2,19,20,21). The number of nitrogens with two attached hydrogens (primary N) is 1. The lowest BCUT2D eigenvalue weighted by Gasteiger charge is -2.10. The van der Waals surface area contributed by atoms with Crippen LogP contribution in [0.15, 0.2) is 70.6 Å². The van der Waals surface area contributed by atoms with Gasteiger partial charge in [0.05, 0.1) is 6.04 Å². The van der Waals surface area contributed by atoms with Gasteiger partial charge in [-0.2, -0.15) is 0 Å². The number of nitrogens with zero attached hydrogens (tertiary/aromatic N) is 2. The first-order valence-electron chi connectivity index (χ1n) is 6.88. The molecule has 0 amide bonds. The Labute approximate surface area is 133 Å². The molecule has 0 aliphatic heterocycles. The van der Waals surface area contributed by atoms with Crippen LogP contribution in [0.3, 0.4) is 0 Å². The summed E-state index contributed by atoms with van der Waals surface area (Å²) in [5.41, 5.74) is 8.05. The molecule has 1 unspecified atom stereocenters. The highest BCUT2D eigenvalue weighted by atomic mass is 79.9. The maximum Gasteiger partial charge on any atom is 0.194 e. The largest absolute Gasteiger partial charge is 0.383 e. The summed E-state index contributed by atoms with van der Waals surface area (Å²) in [6.45, 7) is 2.10. The molecule has 0 saturated carbocycles. The van der Waals surface area contributed by atoms with Gasteiger partial charge < -0.3 is 5.73 Å². The van der Waals surface area contributed by atoms with Gasteiger partial charge >= 0.3 is 0 Å². The molecule has 0 radical (unpaired) electrons. The molecular weight excluding hydrogens is 326 g/mol. The fourth-order valence-electron chi connectivity index (χ4n) is 2.01. The molecule has 2 aromatic carbocycles. The number of aliphatic imine (C=N–C) groups is 2. The van der Waals surface area contributed by atoms with E-state index in [0.29, 0.717) is 10.6 Å². The van der Waals surface area contributed by atoms with Gasteiger partial charge in [0.1, 0.15) is 5.84 Å². The van der Waals surface area contributed by atoms with Gasteiger partial charge in [0.15, 0.2) is 4.74 Å². The van der Waals surface area contributed by atoms with Crippen molar-refractivity contribution in [3.63, 3.8) is 0 Å². The maximum atomic E-state index is 5.99. The zero-order valence-electron chi connectivity index (χ0n) is 11.9. The quantitative estimate of drug-likeness (QED) is 0.502. The monoisotopic (exact) mass is 343 g/mol. The summed E-state index contributed by atoms with van der Waals surface area (Å²) in [4.78, 5) is 8.92. The Bertz CT molecular complexity index is 621. The van der Waals surface area contributed by atoms with Crippen LogP contribution in [-0.4, -0.2) is 10.6 Å². The van der Waals surface area contributed by atoms with Crippen LogP contribution in [0.25, 0.3) is 0 Å². The third-order valence-corrected chi connectivity index (χ3v) is 3.50. The van der Waals surface area contributed by atoms with Crippen molar-refractivity contribution < 1.29 is 0 Å². The van der Waals surface area contributed by atoms with Crippen molar-refractivity contribution in [2.24, 2.45) is 15.7 Å². The van der Waals surface area contributed by atoms with E-state index >= 15 is 0 Å². The molecule has 108 valence electrons. The minimum absolute atomic E-state index is 0.0768. The second-order valence-electron chi connectivity index (χ2n) is 4.60. The molecular formula is C17H18BrN3. The summed E-state index contributed by atoms with van der Waals surface area (Å²) in [6.07, 6.45) is 0.903. The lowest BCUT2D eigenvalue weighted by Crippen LogP contribution is -2.14. The highest BCUT2D eigenvalue weighted by Crippen LogP contribution is 2.21. The summed E-state index contributed by atoms with van der Waals surface area (Å²) in [7, 11) is 0. The highest BCUT2D eigenvalue weighted by molar-refractivity contribution is 9.18. The molecule has 2 N–H and O–H groups in total. The van der Waals surface area contributed by atoms with Gasteiger partial charge in [-0.05, 0) is 27.9 Å². The number of hydrogen-bond acceptors (Lipinski definition) is 1. The Morgan fingerprint density at radius 2 is 1.62 bits per heavy atom. The van der Waals surface area contributed by atoms with Crippen LogP contribution in [0.5, 0.6) is 0 Å². The summed E-state index contributed by atoms with van der Waals surface area (Å²) >= 11 is 3.40. The Kier molecular flexibility index (Phi) is 5.69. The normalized spacial score (nSPS) is 14.0. The first-order valence-corrected chi connectivity index (χ1v) is 7.68. The van der Waals surface area contributed by atoms with Gasteiger partial charge in [0.25, 0.3) is 0 Å². The van der Waals surface area contributed by atoms with E-state index in [9.17, 15) is 0 Å². The van der Waals surface area contributed by atoms with Crippen LogP contribution in [-0.2, 0) is 0 Å². The molecule has 0 spiro atoms. The first-order chi connectivity index (χ1) is 10.2. The maximum absolute atomic E-state index is 5.99.